The first-order valence-corrected chi connectivity index (χ1v) is 10.1. The van der Waals surface area contributed by atoms with E-state index in [0.29, 0.717) is 34.1 Å². The summed E-state index contributed by atoms with van der Waals surface area (Å²) in [6.45, 7) is 1.81. The predicted molar refractivity (Wildman–Crippen MR) is 124 cm³/mol. The fraction of sp³-hybridized carbons (Fsp3) is 0.0417. The first-order valence-electron chi connectivity index (χ1n) is 10.1. The predicted octanol–water partition coefficient (Wildman–Crippen LogP) is 4.07. The Hall–Kier alpha value is -4.79. The van der Waals surface area contributed by atoms with Crippen LogP contribution >= 0.6 is 0 Å². The van der Waals surface area contributed by atoms with Gasteiger partial charge in [-0.2, -0.15) is 0 Å². The van der Waals surface area contributed by atoms with E-state index in [1.807, 2.05) is 13.0 Å². The molecule has 9 nitrogen and oxygen atoms in total. The molecular weight excluding hydrogens is 420 g/mol. The van der Waals surface area contributed by atoms with Crippen molar-refractivity contribution in [3.63, 3.8) is 0 Å². The van der Waals surface area contributed by atoms with Crippen molar-refractivity contribution in [2.75, 3.05) is 10.6 Å². The molecule has 0 spiro atoms. The second-order valence-electron chi connectivity index (χ2n) is 7.26. The molecule has 162 valence electrons. The quantitative estimate of drug-likeness (QED) is 0.425. The molecule has 0 atom stereocenters. The van der Waals surface area contributed by atoms with Crippen LogP contribution in [0, 0.1) is 6.92 Å². The van der Waals surface area contributed by atoms with Gasteiger partial charge in [0.05, 0.1) is 5.39 Å². The number of nitrogens with one attached hydrogen (secondary N) is 2. The van der Waals surface area contributed by atoms with Gasteiger partial charge >= 0.3 is 0 Å². The summed E-state index contributed by atoms with van der Waals surface area (Å²) in [5.74, 6) is 1.38. The Balaban J connectivity index is 1.31. The van der Waals surface area contributed by atoms with Crippen LogP contribution in [0.25, 0.3) is 16.8 Å². The third kappa shape index (κ3) is 4.33. The highest BCUT2D eigenvalue weighted by molar-refractivity contribution is 6.03. The van der Waals surface area contributed by atoms with Crippen LogP contribution in [0.2, 0.25) is 0 Å². The molecule has 0 fully saturated rings. The zero-order valence-electron chi connectivity index (χ0n) is 17.5. The normalized spacial score (nSPS) is 10.8. The van der Waals surface area contributed by atoms with E-state index in [9.17, 15) is 9.59 Å². The molecular formula is C24H18N6O3. The van der Waals surface area contributed by atoms with Crippen LogP contribution in [0.15, 0.2) is 88.6 Å². The van der Waals surface area contributed by atoms with E-state index in [2.05, 4.69) is 25.6 Å². The van der Waals surface area contributed by atoms with E-state index in [0.717, 1.165) is 5.69 Å². The van der Waals surface area contributed by atoms with Gasteiger partial charge in [0, 0.05) is 35.9 Å². The number of benzene rings is 2. The fourth-order valence-corrected chi connectivity index (χ4v) is 3.34. The maximum atomic E-state index is 12.6. The second-order valence-corrected chi connectivity index (χ2v) is 7.26. The van der Waals surface area contributed by atoms with E-state index in [1.165, 1.54) is 6.07 Å². The summed E-state index contributed by atoms with van der Waals surface area (Å²) < 4.78 is 7.38. The number of carbonyl (C=O) groups is 1. The number of rotatable bonds is 5. The summed E-state index contributed by atoms with van der Waals surface area (Å²) >= 11 is 0. The Morgan fingerprint density at radius 3 is 2.58 bits per heavy atom. The van der Waals surface area contributed by atoms with Crippen molar-refractivity contribution in [3.8, 4) is 5.82 Å². The van der Waals surface area contributed by atoms with Crippen molar-refractivity contribution in [2.24, 2.45) is 0 Å². The smallest absolute Gasteiger partial charge is 0.291 e. The highest BCUT2D eigenvalue weighted by Gasteiger charge is 2.13. The maximum Gasteiger partial charge on any atom is 0.291 e. The van der Waals surface area contributed by atoms with E-state index in [1.54, 1.807) is 71.8 Å². The molecule has 0 saturated carbocycles. The molecule has 0 aliphatic carbocycles. The lowest BCUT2D eigenvalue weighted by atomic mass is 10.2. The summed E-state index contributed by atoms with van der Waals surface area (Å²) in [6, 6.07) is 16.9. The number of amides is 1. The van der Waals surface area contributed by atoms with Crippen LogP contribution in [-0.2, 0) is 0 Å². The molecule has 3 heterocycles. The number of nitrogens with zero attached hydrogens (tertiary/aromatic N) is 4. The molecule has 0 radical (unpaired) electrons. The van der Waals surface area contributed by atoms with Crippen molar-refractivity contribution in [1.82, 2.24) is 19.5 Å². The zero-order chi connectivity index (χ0) is 22.8. The zero-order valence-corrected chi connectivity index (χ0v) is 17.5. The number of aryl methyl sites for hydroxylation is 1. The molecule has 2 aromatic carbocycles. The number of para-hydroxylation sites is 1. The summed E-state index contributed by atoms with van der Waals surface area (Å²) in [4.78, 5) is 37.7. The molecule has 9 heteroatoms. The van der Waals surface area contributed by atoms with Gasteiger partial charge in [-0.3, -0.25) is 14.2 Å². The monoisotopic (exact) mass is 438 g/mol. The lowest BCUT2D eigenvalue weighted by molar-refractivity contribution is 0.0997. The van der Waals surface area contributed by atoms with Gasteiger partial charge in [-0.1, -0.05) is 12.1 Å². The van der Waals surface area contributed by atoms with Gasteiger partial charge in [0.1, 0.15) is 29.4 Å². The highest BCUT2D eigenvalue weighted by atomic mass is 16.3. The lowest BCUT2D eigenvalue weighted by Gasteiger charge is -2.10. The summed E-state index contributed by atoms with van der Waals surface area (Å²) in [5.41, 5.74) is 1.43. The Bertz CT molecular complexity index is 1510. The minimum atomic E-state index is -0.505. The molecule has 33 heavy (non-hydrogen) atoms. The number of hydrogen-bond acceptors (Lipinski definition) is 7. The van der Waals surface area contributed by atoms with Gasteiger partial charge in [-0.15, -0.1) is 0 Å². The second kappa shape index (κ2) is 8.39. The number of anilines is 3. The van der Waals surface area contributed by atoms with E-state index in [4.69, 9.17) is 4.42 Å². The Labute approximate surface area is 187 Å². The van der Waals surface area contributed by atoms with Crippen LogP contribution < -0.4 is 16.1 Å². The molecule has 0 saturated heterocycles. The molecule has 2 N–H and O–H groups in total. The summed E-state index contributed by atoms with van der Waals surface area (Å²) in [7, 11) is 0. The SMILES string of the molecule is Cc1nc(Nc2ccc(NC(=O)c3cc(=O)c4ccccc4o3)cc2)cc(-n2ccnc2)n1. The largest absolute Gasteiger partial charge is 0.451 e. The standard InChI is InChI=1S/C24H18N6O3/c1-15-26-22(13-23(27-15)30-11-10-25-14-30)28-16-6-8-17(9-7-16)29-24(32)21-12-19(31)18-4-2-3-5-20(18)33-21/h2-14H,1H3,(H,29,32)(H,26,27,28). The van der Waals surface area contributed by atoms with Crippen LogP contribution in [0.4, 0.5) is 17.2 Å². The number of hydrogen-bond donors (Lipinski definition) is 2. The van der Waals surface area contributed by atoms with Gasteiger partial charge in [0.25, 0.3) is 5.91 Å². The van der Waals surface area contributed by atoms with Crippen molar-refractivity contribution in [2.45, 2.75) is 6.92 Å². The minimum absolute atomic E-state index is 0.0515. The first-order chi connectivity index (χ1) is 16.0. The molecule has 1 amide bonds. The molecule has 0 unspecified atom stereocenters. The topological polar surface area (TPSA) is 115 Å². The van der Waals surface area contributed by atoms with Crippen molar-refractivity contribution in [1.29, 1.82) is 0 Å². The number of carbonyl (C=O) groups excluding carboxylic acids is 1. The van der Waals surface area contributed by atoms with Gasteiger partial charge in [0.2, 0.25) is 0 Å². The highest BCUT2D eigenvalue weighted by Crippen LogP contribution is 2.20. The Morgan fingerprint density at radius 1 is 1.00 bits per heavy atom. The summed E-state index contributed by atoms with van der Waals surface area (Å²) in [6.07, 6.45) is 5.15. The van der Waals surface area contributed by atoms with Gasteiger partial charge in [0.15, 0.2) is 11.2 Å². The number of imidazole rings is 1. The minimum Gasteiger partial charge on any atom is -0.451 e. The first kappa shape index (κ1) is 20.1. The maximum absolute atomic E-state index is 12.6. The van der Waals surface area contributed by atoms with Gasteiger partial charge < -0.3 is 15.1 Å². The van der Waals surface area contributed by atoms with Crippen molar-refractivity contribution < 1.29 is 9.21 Å². The van der Waals surface area contributed by atoms with Gasteiger partial charge in [-0.05, 0) is 43.3 Å². The Morgan fingerprint density at radius 2 is 1.79 bits per heavy atom. The third-order valence-electron chi connectivity index (χ3n) is 4.87. The Kier molecular flexibility index (Phi) is 5.12. The molecule has 5 rings (SSSR count). The average Bonchev–Trinajstić information content (AvgIpc) is 3.35. The van der Waals surface area contributed by atoms with E-state index < -0.39 is 5.91 Å². The average molecular weight is 438 g/mol. The molecule has 0 aliphatic rings. The van der Waals surface area contributed by atoms with E-state index in [-0.39, 0.29) is 11.2 Å². The number of aromatic nitrogens is 4. The molecule has 3 aromatic heterocycles. The van der Waals surface area contributed by atoms with Crippen LogP contribution in [-0.4, -0.2) is 25.4 Å². The fourth-order valence-electron chi connectivity index (χ4n) is 3.34. The van der Waals surface area contributed by atoms with Crippen LogP contribution in [0.1, 0.15) is 16.4 Å². The number of fused-ring (bicyclic) bond motifs is 1. The molecule has 5 aromatic rings. The van der Waals surface area contributed by atoms with Crippen LogP contribution in [0.3, 0.4) is 0 Å². The van der Waals surface area contributed by atoms with Gasteiger partial charge in [-0.25, -0.2) is 15.0 Å². The van der Waals surface area contributed by atoms with E-state index >= 15 is 0 Å². The third-order valence-corrected chi connectivity index (χ3v) is 4.87. The summed E-state index contributed by atoms with van der Waals surface area (Å²) in [5, 5.41) is 6.40. The van der Waals surface area contributed by atoms with Crippen molar-refractivity contribution in [3.05, 3.63) is 101 Å². The molecule has 0 bridgehead atoms. The van der Waals surface area contributed by atoms with Crippen molar-refractivity contribution >= 4 is 34.1 Å². The lowest BCUT2D eigenvalue weighted by Crippen LogP contribution is -2.14. The molecule has 0 aliphatic heterocycles. The van der Waals surface area contributed by atoms with Crippen LogP contribution in [0.5, 0.6) is 0 Å².